The van der Waals surface area contributed by atoms with Gasteiger partial charge in [0.25, 0.3) is 0 Å². The van der Waals surface area contributed by atoms with Crippen molar-refractivity contribution in [1.82, 2.24) is 5.32 Å². The van der Waals surface area contributed by atoms with Crippen molar-refractivity contribution in [3.8, 4) is 11.5 Å². The molecule has 0 heterocycles. The van der Waals surface area contributed by atoms with Gasteiger partial charge >= 0.3 is 5.97 Å². The number of phenolic OH excluding ortho intramolecular Hbond substituents is 1. The zero-order chi connectivity index (χ0) is 12.3. The molecule has 0 aliphatic carbocycles. The lowest BCUT2D eigenvalue weighted by atomic mass is 9.92. The Morgan fingerprint density at radius 2 is 2.12 bits per heavy atom. The Morgan fingerprint density at radius 1 is 1.50 bits per heavy atom. The Bertz CT molecular complexity index is 405. The molecule has 16 heavy (non-hydrogen) atoms. The van der Waals surface area contributed by atoms with Crippen molar-refractivity contribution in [1.29, 1.82) is 0 Å². The number of hydrogen-bond acceptors (Lipinski definition) is 4. The minimum Gasteiger partial charge on any atom is -0.504 e. The molecule has 0 aromatic heterocycles. The molecular weight excluding hydrogens is 210 g/mol. The molecule has 0 aliphatic rings. The molecule has 0 saturated carbocycles. The summed E-state index contributed by atoms with van der Waals surface area (Å²) in [6.45, 7) is 1.54. The van der Waals surface area contributed by atoms with Crippen LogP contribution in [0.3, 0.4) is 0 Å². The highest BCUT2D eigenvalue weighted by molar-refractivity contribution is 5.80. The van der Waals surface area contributed by atoms with Crippen molar-refractivity contribution in [2.45, 2.75) is 12.5 Å². The topological polar surface area (TPSA) is 78.8 Å². The van der Waals surface area contributed by atoms with Crippen molar-refractivity contribution in [2.24, 2.45) is 0 Å². The maximum absolute atomic E-state index is 11.2. The fourth-order valence-electron chi connectivity index (χ4n) is 1.36. The second kappa shape index (κ2) is 4.40. The van der Waals surface area contributed by atoms with Crippen molar-refractivity contribution in [3.05, 3.63) is 23.8 Å². The van der Waals surface area contributed by atoms with Gasteiger partial charge in [0, 0.05) is 0 Å². The van der Waals surface area contributed by atoms with Crippen molar-refractivity contribution in [2.75, 3.05) is 14.2 Å². The third-order valence-electron chi connectivity index (χ3n) is 2.68. The fourth-order valence-corrected chi connectivity index (χ4v) is 1.36. The SMILES string of the molecule is CNC(C)(C(=O)O)c1ccc(O)c(OC)c1. The number of aliphatic carboxylic acids is 1. The summed E-state index contributed by atoms with van der Waals surface area (Å²) in [6, 6.07) is 4.45. The van der Waals surface area contributed by atoms with E-state index >= 15 is 0 Å². The summed E-state index contributed by atoms with van der Waals surface area (Å²) in [5.41, 5.74) is -0.696. The fraction of sp³-hybridized carbons (Fsp3) is 0.364. The van der Waals surface area contributed by atoms with Gasteiger partial charge in [0.15, 0.2) is 11.5 Å². The van der Waals surface area contributed by atoms with Crippen LogP contribution < -0.4 is 10.1 Å². The van der Waals surface area contributed by atoms with E-state index in [2.05, 4.69) is 5.32 Å². The third-order valence-corrected chi connectivity index (χ3v) is 2.68. The number of rotatable bonds is 4. The van der Waals surface area contributed by atoms with Crippen molar-refractivity contribution < 1.29 is 19.7 Å². The van der Waals surface area contributed by atoms with E-state index in [1.165, 1.54) is 19.2 Å². The standard InChI is InChI=1S/C11H15NO4/c1-11(12-2,10(14)15)7-4-5-8(13)9(6-7)16-3/h4-6,12-13H,1-3H3,(H,14,15). The molecule has 0 fully saturated rings. The van der Waals surface area contributed by atoms with Crippen LogP contribution >= 0.6 is 0 Å². The molecule has 3 N–H and O–H groups in total. The number of likely N-dealkylation sites (N-methyl/N-ethyl adjacent to an activating group) is 1. The highest BCUT2D eigenvalue weighted by Crippen LogP contribution is 2.31. The summed E-state index contributed by atoms with van der Waals surface area (Å²) in [6.07, 6.45) is 0. The second-order valence-electron chi connectivity index (χ2n) is 3.57. The van der Waals surface area contributed by atoms with Crippen LogP contribution in [0.2, 0.25) is 0 Å². The van der Waals surface area contributed by atoms with Crippen LogP contribution in [0, 0.1) is 0 Å². The first-order valence-electron chi connectivity index (χ1n) is 4.75. The molecule has 0 amide bonds. The molecule has 5 nitrogen and oxygen atoms in total. The highest BCUT2D eigenvalue weighted by atomic mass is 16.5. The van der Waals surface area contributed by atoms with Crippen LogP contribution in [0.25, 0.3) is 0 Å². The number of phenols is 1. The summed E-state index contributed by atoms with van der Waals surface area (Å²) in [4.78, 5) is 11.2. The van der Waals surface area contributed by atoms with Gasteiger partial charge in [0.05, 0.1) is 7.11 Å². The Kier molecular flexibility index (Phi) is 3.39. The Labute approximate surface area is 93.7 Å². The van der Waals surface area contributed by atoms with Gasteiger partial charge in [-0.05, 0) is 31.7 Å². The molecule has 0 aliphatic heterocycles. The summed E-state index contributed by atoms with van der Waals surface area (Å²) in [7, 11) is 2.98. The van der Waals surface area contributed by atoms with Crippen LogP contribution in [-0.4, -0.2) is 30.3 Å². The third kappa shape index (κ3) is 1.94. The largest absolute Gasteiger partial charge is 0.504 e. The van der Waals surface area contributed by atoms with Gasteiger partial charge in [-0.2, -0.15) is 0 Å². The number of benzene rings is 1. The molecule has 1 atom stereocenters. The normalized spacial score (nSPS) is 14.2. The van der Waals surface area contributed by atoms with Crippen LogP contribution in [0.15, 0.2) is 18.2 Å². The zero-order valence-corrected chi connectivity index (χ0v) is 9.44. The van der Waals surface area contributed by atoms with Gasteiger partial charge in [-0.3, -0.25) is 0 Å². The molecular formula is C11H15NO4. The van der Waals surface area contributed by atoms with E-state index < -0.39 is 11.5 Å². The van der Waals surface area contributed by atoms with Crippen molar-refractivity contribution in [3.63, 3.8) is 0 Å². The second-order valence-corrected chi connectivity index (χ2v) is 3.57. The van der Waals surface area contributed by atoms with Gasteiger partial charge in [0.2, 0.25) is 0 Å². The number of aromatic hydroxyl groups is 1. The zero-order valence-electron chi connectivity index (χ0n) is 9.44. The van der Waals surface area contributed by atoms with Gasteiger partial charge in [-0.25, -0.2) is 4.79 Å². The molecule has 5 heteroatoms. The number of nitrogens with one attached hydrogen (secondary N) is 1. The summed E-state index contributed by atoms with van der Waals surface area (Å²) >= 11 is 0. The molecule has 1 unspecified atom stereocenters. The van der Waals surface area contributed by atoms with E-state index in [1.54, 1.807) is 20.0 Å². The molecule has 1 aromatic rings. The molecule has 0 saturated heterocycles. The first-order valence-corrected chi connectivity index (χ1v) is 4.75. The van der Waals surface area contributed by atoms with Gasteiger partial charge in [-0.15, -0.1) is 0 Å². The van der Waals surface area contributed by atoms with E-state index in [0.29, 0.717) is 5.56 Å². The van der Waals surface area contributed by atoms with E-state index in [-0.39, 0.29) is 11.5 Å². The van der Waals surface area contributed by atoms with Gasteiger partial charge in [0.1, 0.15) is 5.54 Å². The Hall–Kier alpha value is -1.75. The van der Waals surface area contributed by atoms with Crippen molar-refractivity contribution >= 4 is 5.97 Å². The predicted molar refractivity (Wildman–Crippen MR) is 58.7 cm³/mol. The minimum atomic E-state index is -1.21. The number of methoxy groups -OCH3 is 1. The predicted octanol–water partition coefficient (Wildman–Crippen LogP) is 0.920. The molecule has 0 bridgehead atoms. The molecule has 0 radical (unpaired) electrons. The molecule has 0 spiro atoms. The minimum absolute atomic E-state index is 0.0184. The van der Waals surface area contributed by atoms with Gasteiger partial charge < -0.3 is 20.3 Å². The smallest absolute Gasteiger partial charge is 0.328 e. The Morgan fingerprint density at radius 3 is 2.56 bits per heavy atom. The van der Waals surface area contributed by atoms with Crippen LogP contribution in [0.5, 0.6) is 11.5 Å². The summed E-state index contributed by atoms with van der Waals surface area (Å²) in [5.74, 6) is -0.766. The number of hydrogen-bond donors (Lipinski definition) is 3. The highest BCUT2D eigenvalue weighted by Gasteiger charge is 2.33. The summed E-state index contributed by atoms with van der Waals surface area (Å²) < 4.78 is 4.93. The quantitative estimate of drug-likeness (QED) is 0.710. The van der Waals surface area contributed by atoms with E-state index in [1.807, 2.05) is 0 Å². The molecule has 1 aromatic carbocycles. The number of carboxylic acid groups (broad SMARTS) is 1. The van der Waals surface area contributed by atoms with Crippen LogP contribution in [-0.2, 0) is 10.3 Å². The lowest BCUT2D eigenvalue weighted by Crippen LogP contribution is -2.44. The maximum Gasteiger partial charge on any atom is 0.328 e. The monoisotopic (exact) mass is 225 g/mol. The average Bonchev–Trinajstić information content (AvgIpc) is 2.28. The van der Waals surface area contributed by atoms with E-state index in [9.17, 15) is 9.90 Å². The van der Waals surface area contributed by atoms with Crippen LogP contribution in [0.1, 0.15) is 12.5 Å². The van der Waals surface area contributed by atoms with E-state index in [0.717, 1.165) is 0 Å². The van der Waals surface area contributed by atoms with Gasteiger partial charge in [-0.1, -0.05) is 6.07 Å². The number of ether oxygens (including phenoxy) is 1. The van der Waals surface area contributed by atoms with Crippen LogP contribution in [0.4, 0.5) is 0 Å². The average molecular weight is 225 g/mol. The molecule has 1 rings (SSSR count). The maximum atomic E-state index is 11.2. The first kappa shape index (κ1) is 12.3. The lowest BCUT2D eigenvalue weighted by Gasteiger charge is -2.25. The number of carbonyl (C=O) groups is 1. The summed E-state index contributed by atoms with van der Waals surface area (Å²) in [5, 5.41) is 21.3. The first-order chi connectivity index (χ1) is 7.45. The lowest BCUT2D eigenvalue weighted by molar-refractivity contribution is -0.144. The number of carboxylic acids is 1. The van der Waals surface area contributed by atoms with E-state index in [4.69, 9.17) is 9.84 Å². The molecule has 88 valence electrons. The Balaban J connectivity index is 3.27.